The monoisotopic (exact) mass is 811 g/mol. The summed E-state index contributed by atoms with van der Waals surface area (Å²) < 4.78 is 5.28. The van der Waals surface area contributed by atoms with Crippen LogP contribution in [-0.4, -0.2) is 0 Å². The van der Waals surface area contributed by atoms with Crippen LogP contribution in [0.15, 0.2) is 224 Å². The second-order valence-corrected chi connectivity index (χ2v) is 17.8. The Morgan fingerprint density at radius 3 is 1.62 bits per heavy atom. The van der Waals surface area contributed by atoms with E-state index in [9.17, 15) is 0 Å². The fourth-order valence-electron chi connectivity index (χ4n) is 9.19. The van der Waals surface area contributed by atoms with Crippen LogP contribution < -0.4 is 4.90 Å². The van der Waals surface area contributed by atoms with Gasteiger partial charge in [-0.25, -0.2) is 0 Å². The molecule has 0 unspecified atom stereocenters. The molecule has 0 N–H and O–H groups in total. The second-order valence-electron chi connectivity index (χ2n) is 15.6. The highest BCUT2D eigenvalue weighted by atomic mass is 32.1. The molecule has 0 saturated heterocycles. The van der Waals surface area contributed by atoms with Crippen LogP contribution in [0.1, 0.15) is 0 Å². The van der Waals surface area contributed by atoms with E-state index in [0.29, 0.717) is 0 Å². The number of hydrogen-bond donors (Lipinski definition) is 0. The number of benzene rings is 10. The fraction of sp³-hybridized carbons (Fsp3) is 0. The van der Waals surface area contributed by atoms with Crippen LogP contribution in [0.3, 0.4) is 0 Å². The Bertz CT molecular complexity index is 3590. The maximum atomic E-state index is 2.42. The normalized spacial score (nSPS) is 11.6. The molecule has 10 aromatic carbocycles. The molecular formula is C58H37NS2. The van der Waals surface area contributed by atoms with Crippen molar-refractivity contribution in [3.05, 3.63) is 224 Å². The topological polar surface area (TPSA) is 3.24 Å². The molecule has 2 aromatic heterocycles. The van der Waals surface area contributed by atoms with Gasteiger partial charge in [-0.05, 0) is 110 Å². The largest absolute Gasteiger partial charge is 0.310 e. The highest BCUT2D eigenvalue weighted by molar-refractivity contribution is 7.26. The van der Waals surface area contributed by atoms with E-state index >= 15 is 0 Å². The van der Waals surface area contributed by atoms with E-state index in [0.717, 1.165) is 17.1 Å². The maximum Gasteiger partial charge on any atom is 0.0540 e. The molecule has 0 aliphatic carbocycles. The predicted octanol–water partition coefficient (Wildman–Crippen LogP) is 17.7. The van der Waals surface area contributed by atoms with Gasteiger partial charge in [-0.1, -0.05) is 164 Å². The molecule has 0 amide bonds. The first-order chi connectivity index (χ1) is 30.2. The Labute approximate surface area is 362 Å². The lowest BCUT2D eigenvalue weighted by molar-refractivity contribution is 1.28. The Hall–Kier alpha value is -7.30. The van der Waals surface area contributed by atoms with Crippen molar-refractivity contribution in [2.45, 2.75) is 0 Å². The molecule has 0 atom stereocenters. The lowest BCUT2D eigenvalue weighted by Gasteiger charge is -2.28. The molecule has 0 bridgehead atoms. The number of para-hydroxylation sites is 1. The molecule has 0 saturated carbocycles. The lowest BCUT2D eigenvalue weighted by Crippen LogP contribution is -2.11. The van der Waals surface area contributed by atoms with E-state index in [1.165, 1.54) is 95.6 Å². The van der Waals surface area contributed by atoms with Gasteiger partial charge in [0.15, 0.2) is 0 Å². The highest BCUT2D eigenvalue weighted by Gasteiger charge is 2.19. The summed E-state index contributed by atoms with van der Waals surface area (Å²) in [6, 6.07) is 82.4. The summed E-state index contributed by atoms with van der Waals surface area (Å²) in [5.41, 5.74) is 13.0. The van der Waals surface area contributed by atoms with E-state index in [4.69, 9.17) is 0 Å². The fourth-order valence-corrected chi connectivity index (χ4v) is 11.5. The molecule has 0 fully saturated rings. The Balaban J connectivity index is 0.983. The van der Waals surface area contributed by atoms with Crippen molar-refractivity contribution in [1.29, 1.82) is 0 Å². The highest BCUT2D eigenvalue weighted by Crippen LogP contribution is 2.45. The molecule has 286 valence electrons. The standard InChI is InChI=1S/C58H37NS2/c1-2-16-46-39(12-1)13-10-20-47(46)42-14-9-15-43(36-42)48-17-3-6-22-53(48)59(44-31-26-38(27-32-44)41-30-35-51-50-18-4-7-23-54(50)61-57(51)37-41)45-33-28-40(29-34-45)49-21-11-25-56-58(49)52-19-5-8-24-55(52)60-56/h1-37H. The van der Waals surface area contributed by atoms with Crippen LogP contribution in [0, 0.1) is 0 Å². The molecular weight excluding hydrogens is 775 g/mol. The van der Waals surface area contributed by atoms with E-state index in [1.54, 1.807) is 0 Å². The third kappa shape index (κ3) is 6.21. The number of thiophene rings is 2. The van der Waals surface area contributed by atoms with Gasteiger partial charge in [0.2, 0.25) is 0 Å². The van der Waals surface area contributed by atoms with Crippen molar-refractivity contribution >= 4 is 90.9 Å². The van der Waals surface area contributed by atoms with Gasteiger partial charge in [-0.3, -0.25) is 0 Å². The summed E-state index contributed by atoms with van der Waals surface area (Å²) in [6.07, 6.45) is 0. The van der Waals surface area contributed by atoms with Gasteiger partial charge >= 0.3 is 0 Å². The van der Waals surface area contributed by atoms with Crippen molar-refractivity contribution in [2.24, 2.45) is 0 Å². The summed E-state index contributed by atoms with van der Waals surface area (Å²) in [5.74, 6) is 0. The van der Waals surface area contributed by atoms with Crippen LogP contribution in [0.5, 0.6) is 0 Å². The Kier molecular flexibility index (Phi) is 8.62. The molecule has 0 aliphatic rings. The van der Waals surface area contributed by atoms with Crippen molar-refractivity contribution in [3.8, 4) is 44.5 Å². The third-order valence-electron chi connectivity index (χ3n) is 12.1. The summed E-state index contributed by atoms with van der Waals surface area (Å²) >= 11 is 3.73. The molecule has 1 nitrogen and oxygen atoms in total. The average Bonchev–Trinajstić information content (AvgIpc) is 3.90. The van der Waals surface area contributed by atoms with Crippen LogP contribution in [-0.2, 0) is 0 Å². The van der Waals surface area contributed by atoms with E-state index in [2.05, 4.69) is 229 Å². The summed E-state index contributed by atoms with van der Waals surface area (Å²) in [7, 11) is 0. The van der Waals surface area contributed by atoms with Crippen LogP contribution in [0.2, 0.25) is 0 Å². The van der Waals surface area contributed by atoms with E-state index < -0.39 is 0 Å². The minimum absolute atomic E-state index is 1.10. The van der Waals surface area contributed by atoms with Crippen molar-refractivity contribution < 1.29 is 0 Å². The molecule has 0 spiro atoms. The first-order valence-electron chi connectivity index (χ1n) is 20.7. The first-order valence-corrected chi connectivity index (χ1v) is 22.4. The molecule has 0 aliphatic heterocycles. The average molecular weight is 812 g/mol. The molecule has 12 aromatic rings. The zero-order chi connectivity index (χ0) is 40.3. The second kappa shape index (κ2) is 14.8. The summed E-state index contributed by atoms with van der Waals surface area (Å²) in [4.78, 5) is 2.42. The quantitative estimate of drug-likeness (QED) is 0.155. The number of hydrogen-bond acceptors (Lipinski definition) is 3. The zero-order valence-corrected chi connectivity index (χ0v) is 34.8. The lowest BCUT2D eigenvalue weighted by atomic mass is 9.94. The smallest absolute Gasteiger partial charge is 0.0540 e. The number of rotatable bonds is 7. The van der Waals surface area contributed by atoms with Gasteiger partial charge < -0.3 is 4.90 Å². The van der Waals surface area contributed by atoms with Crippen molar-refractivity contribution in [2.75, 3.05) is 4.90 Å². The van der Waals surface area contributed by atoms with Crippen LogP contribution in [0.4, 0.5) is 17.1 Å². The van der Waals surface area contributed by atoms with E-state index in [-0.39, 0.29) is 0 Å². The van der Waals surface area contributed by atoms with Crippen molar-refractivity contribution in [3.63, 3.8) is 0 Å². The molecule has 12 rings (SSSR count). The molecule has 2 heterocycles. The maximum absolute atomic E-state index is 2.42. The number of anilines is 3. The van der Waals surface area contributed by atoms with E-state index in [1.807, 2.05) is 22.7 Å². The van der Waals surface area contributed by atoms with Gasteiger partial charge in [0.1, 0.15) is 0 Å². The van der Waals surface area contributed by atoms with Crippen LogP contribution >= 0.6 is 22.7 Å². The van der Waals surface area contributed by atoms with Crippen molar-refractivity contribution in [1.82, 2.24) is 0 Å². The minimum Gasteiger partial charge on any atom is -0.310 e. The van der Waals surface area contributed by atoms with Gasteiger partial charge in [-0.15, -0.1) is 22.7 Å². The summed E-state index contributed by atoms with van der Waals surface area (Å²) in [6.45, 7) is 0. The molecule has 0 radical (unpaired) electrons. The van der Waals surface area contributed by atoms with Crippen LogP contribution in [0.25, 0.3) is 95.6 Å². The molecule has 3 heteroatoms. The van der Waals surface area contributed by atoms with Gasteiger partial charge in [-0.2, -0.15) is 0 Å². The third-order valence-corrected chi connectivity index (χ3v) is 14.4. The Morgan fingerprint density at radius 1 is 0.279 bits per heavy atom. The van der Waals surface area contributed by atoms with Gasteiger partial charge in [0.25, 0.3) is 0 Å². The molecule has 61 heavy (non-hydrogen) atoms. The zero-order valence-electron chi connectivity index (χ0n) is 33.1. The SMILES string of the molecule is c1cc(-c2ccccc2N(c2ccc(-c3ccc4c(c3)sc3ccccc34)cc2)c2ccc(-c3cccc4sc5ccccc5c34)cc2)cc(-c2cccc3ccccc23)c1. The first kappa shape index (κ1) is 35.6. The number of fused-ring (bicyclic) bond motifs is 7. The minimum atomic E-state index is 1.10. The van der Waals surface area contributed by atoms with Gasteiger partial charge in [0.05, 0.1) is 5.69 Å². The predicted molar refractivity (Wildman–Crippen MR) is 266 cm³/mol. The van der Waals surface area contributed by atoms with Gasteiger partial charge in [0, 0.05) is 57.3 Å². The summed E-state index contributed by atoms with van der Waals surface area (Å²) in [5, 5.41) is 7.79. The number of nitrogens with zero attached hydrogens (tertiary/aromatic N) is 1. The Morgan fingerprint density at radius 2 is 0.803 bits per heavy atom.